The van der Waals surface area contributed by atoms with Crippen LogP contribution in [0.1, 0.15) is 44.9 Å². The Morgan fingerprint density at radius 1 is 1.23 bits per heavy atom. The van der Waals surface area contributed by atoms with Crippen molar-refractivity contribution in [3.05, 3.63) is 24.3 Å². The summed E-state index contributed by atoms with van der Waals surface area (Å²) in [6.45, 7) is 0.690. The van der Waals surface area contributed by atoms with Crippen LogP contribution in [-0.2, 0) is 9.59 Å². The maximum absolute atomic E-state index is 12.2. The van der Waals surface area contributed by atoms with E-state index in [4.69, 9.17) is 0 Å². The highest BCUT2D eigenvalue weighted by Gasteiger charge is 2.33. The summed E-state index contributed by atoms with van der Waals surface area (Å²) < 4.78 is 0. The molecule has 0 atom stereocenters. The molecule has 1 heterocycles. The molecule has 1 saturated heterocycles. The van der Waals surface area contributed by atoms with Gasteiger partial charge in [0.05, 0.1) is 23.4 Å². The molecule has 2 N–H and O–H groups in total. The molecular formula is C17H22N2O3. The molecule has 5 nitrogen and oxygen atoms in total. The van der Waals surface area contributed by atoms with E-state index < -0.39 is 5.60 Å². The Labute approximate surface area is 130 Å². The zero-order valence-electron chi connectivity index (χ0n) is 12.7. The number of rotatable bonds is 4. The van der Waals surface area contributed by atoms with Gasteiger partial charge in [0.25, 0.3) is 0 Å². The fourth-order valence-corrected chi connectivity index (χ4v) is 3.42. The number of nitrogens with one attached hydrogen (secondary N) is 1. The third-order valence-corrected chi connectivity index (χ3v) is 4.57. The van der Waals surface area contributed by atoms with Gasteiger partial charge in [-0.25, -0.2) is 0 Å². The maximum atomic E-state index is 12.2. The van der Waals surface area contributed by atoms with Crippen LogP contribution >= 0.6 is 0 Å². The van der Waals surface area contributed by atoms with Crippen LogP contribution in [0.25, 0.3) is 0 Å². The maximum Gasteiger partial charge on any atom is 0.227 e. The van der Waals surface area contributed by atoms with Crippen molar-refractivity contribution in [1.29, 1.82) is 0 Å². The number of carbonyl (C=O) groups excluding carboxylic acids is 2. The molecular weight excluding hydrogens is 280 g/mol. The lowest BCUT2D eigenvalue weighted by Gasteiger charge is -2.23. The molecule has 1 aromatic carbocycles. The average Bonchev–Trinajstić information content (AvgIpc) is 3.08. The van der Waals surface area contributed by atoms with Gasteiger partial charge in [-0.3, -0.25) is 9.59 Å². The number of nitrogens with zero attached hydrogens (tertiary/aromatic N) is 1. The van der Waals surface area contributed by atoms with Gasteiger partial charge in [0.15, 0.2) is 0 Å². The van der Waals surface area contributed by atoms with Crippen LogP contribution in [0.4, 0.5) is 11.4 Å². The molecule has 2 amide bonds. The fourth-order valence-electron chi connectivity index (χ4n) is 3.42. The standard InChI is InChI=1S/C17H22N2O3/c20-15(12-17(22)9-3-4-10-17)18-13-6-1-2-7-14(13)19-11-5-8-16(19)21/h1-2,6-7,22H,3-5,8-12H2,(H,18,20). The second kappa shape index (κ2) is 6.08. The number of carbonyl (C=O) groups is 2. The van der Waals surface area contributed by atoms with Gasteiger partial charge in [0.1, 0.15) is 0 Å². The first-order chi connectivity index (χ1) is 10.6. The van der Waals surface area contributed by atoms with Crippen LogP contribution in [-0.4, -0.2) is 29.1 Å². The van der Waals surface area contributed by atoms with E-state index in [2.05, 4.69) is 5.32 Å². The normalized spacial score (nSPS) is 20.4. The quantitative estimate of drug-likeness (QED) is 0.897. The van der Waals surface area contributed by atoms with Gasteiger partial charge in [-0.05, 0) is 31.4 Å². The van der Waals surface area contributed by atoms with Crippen molar-refractivity contribution < 1.29 is 14.7 Å². The highest BCUT2D eigenvalue weighted by atomic mass is 16.3. The van der Waals surface area contributed by atoms with E-state index in [1.54, 1.807) is 11.0 Å². The minimum Gasteiger partial charge on any atom is -0.389 e. The molecule has 1 aromatic rings. The summed E-state index contributed by atoms with van der Waals surface area (Å²) in [6.07, 6.45) is 4.85. The number of hydrogen-bond acceptors (Lipinski definition) is 3. The smallest absolute Gasteiger partial charge is 0.227 e. The number of para-hydroxylation sites is 2. The van der Waals surface area contributed by atoms with Crippen LogP contribution in [0.3, 0.4) is 0 Å². The third-order valence-electron chi connectivity index (χ3n) is 4.57. The summed E-state index contributed by atoms with van der Waals surface area (Å²) in [4.78, 5) is 25.9. The summed E-state index contributed by atoms with van der Waals surface area (Å²) in [5.41, 5.74) is 0.531. The largest absolute Gasteiger partial charge is 0.389 e. The number of aliphatic hydroxyl groups is 1. The van der Waals surface area contributed by atoms with Crippen molar-refractivity contribution in [3.8, 4) is 0 Å². The summed E-state index contributed by atoms with van der Waals surface area (Å²) in [6, 6.07) is 7.35. The molecule has 0 spiro atoms. The molecule has 1 aliphatic carbocycles. The molecule has 1 saturated carbocycles. The van der Waals surface area contributed by atoms with Crippen LogP contribution < -0.4 is 10.2 Å². The van der Waals surface area contributed by atoms with Crippen LogP contribution in [0.2, 0.25) is 0 Å². The summed E-state index contributed by atoms with van der Waals surface area (Å²) in [7, 11) is 0. The van der Waals surface area contributed by atoms with Crippen molar-refractivity contribution in [2.45, 2.75) is 50.5 Å². The predicted molar refractivity (Wildman–Crippen MR) is 84.7 cm³/mol. The van der Waals surface area contributed by atoms with Crippen LogP contribution in [0, 0.1) is 0 Å². The fraction of sp³-hybridized carbons (Fsp3) is 0.529. The van der Waals surface area contributed by atoms with Gasteiger partial charge in [-0.2, -0.15) is 0 Å². The monoisotopic (exact) mass is 302 g/mol. The van der Waals surface area contributed by atoms with Crippen molar-refractivity contribution in [3.63, 3.8) is 0 Å². The third kappa shape index (κ3) is 3.14. The first-order valence-corrected chi connectivity index (χ1v) is 7.99. The van der Waals surface area contributed by atoms with Crippen LogP contribution in [0.15, 0.2) is 24.3 Å². The SMILES string of the molecule is O=C(CC1(O)CCCC1)Nc1ccccc1N1CCCC1=O. The van der Waals surface area contributed by atoms with E-state index in [1.807, 2.05) is 18.2 Å². The highest BCUT2D eigenvalue weighted by molar-refractivity contribution is 6.02. The van der Waals surface area contributed by atoms with E-state index in [1.165, 1.54) is 0 Å². The Bertz CT molecular complexity index is 579. The lowest BCUT2D eigenvalue weighted by Crippen LogP contribution is -2.31. The summed E-state index contributed by atoms with van der Waals surface area (Å²) in [5.74, 6) is -0.0976. The zero-order valence-corrected chi connectivity index (χ0v) is 12.7. The first kappa shape index (κ1) is 15.0. The topological polar surface area (TPSA) is 69.6 Å². The minimum atomic E-state index is -0.859. The van der Waals surface area contributed by atoms with Crippen molar-refractivity contribution in [2.24, 2.45) is 0 Å². The Kier molecular flexibility index (Phi) is 4.16. The molecule has 22 heavy (non-hydrogen) atoms. The van der Waals surface area contributed by atoms with Crippen molar-refractivity contribution in [2.75, 3.05) is 16.8 Å². The first-order valence-electron chi connectivity index (χ1n) is 7.99. The number of hydrogen-bond donors (Lipinski definition) is 2. The number of amides is 2. The molecule has 0 aromatic heterocycles. The molecule has 2 fully saturated rings. The molecule has 0 unspecified atom stereocenters. The molecule has 0 bridgehead atoms. The predicted octanol–water partition coefficient (Wildman–Crippen LogP) is 2.45. The molecule has 3 rings (SSSR count). The zero-order chi connectivity index (χ0) is 15.6. The molecule has 118 valence electrons. The van der Waals surface area contributed by atoms with E-state index in [0.717, 1.165) is 24.9 Å². The second-order valence-electron chi connectivity index (χ2n) is 6.32. The van der Waals surface area contributed by atoms with Crippen molar-refractivity contribution in [1.82, 2.24) is 0 Å². The highest BCUT2D eigenvalue weighted by Crippen LogP contribution is 2.34. The summed E-state index contributed by atoms with van der Waals surface area (Å²) >= 11 is 0. The second-order valence-corrected chi connectivity index (χ2v) is 6.32. The Balaban J connectivity index is 1.72. The Morgan fingerprint density at radius 3 is 2.64 bits per heavy atom. The van der Waals surface area contributed by atoms with Gasteiger partial charge in [0.2, 0.25) is 11.8 Å². The van der Waals surface area contributed by atoms with E-state index >= 15 is 0 Å². The van der Waals surface area contributed by atoms with E-state index in [9.17, 15) is 14.7 Å². The molecule has 2 aliphatic rings. The van der Waals surface area contributed by atoms with E-state index in [0.29, 0.717) is 31.5 Å². The van der Waals surface area contributed by atoms with Crippen molar-refractivity contribution >= 4 is 23.2 Å². The minimum absolute atomic E-state index is 0.0936. The Morgan fingerprint density at radius 2 is 1.95 bits per heavy atom. The summed E-state index contributed by atoms with van der Waals surface area (Å²) in [5, 5.41) is 13.2. The lowest BCUT2D eigenvalue weighted by molar-refractivity contribution is -0.121. The number of anilines is 2. The average molecular weight is 302 g/mol. The van der Waals surface area contributed by atoms with E-state index in [-0.39, 0.29) is 18.2 Å². The lowest BCUT2D eigenvalue weighted by atomic mass is 9.97. The van der Waals surface area contributed by atoms with Gasteiger partial charge in [-0.15, -0.1) is 0 Å². The van der Waals surface area contributed by atoms with Crippen LogP contribution in [0.5, 0.6) is 0 Å². The van der Waals surface area contributed by atoms with Gasteiger partial charge in [0, 0.05) is 13.0 Å². The van der Waals surface area contributed by atoms with Gasteiger partial charge < -0.3 is 15.3 Å². The Hall–Kier alpha value is -1.88. The molecule has 0 radical (unpaired) electrons. The van der Waals surface area contributed by atoms with Gasteiger partial charge in [-0.1, -0.05) is 25.0 Å². The number of benzene rings is 1. The molecule has 5 heteroatoms. The molecule has 1 aliphatic heterocycles. The van der Waals surface area contributed by atoms with Gasteiger partial charge >= 0.3 is 0 Å².